The molecule has 1 N–H and O–H groups in total. The van der Waals surface area contributed by atoms with Gasteiger partial charge in [0.05, 0.1) is 23.3 Å². The normalized spacial score (nSPS) is 20.2. The molecule has 124 valence electrons. The van der Waals surface area contributed by atoms with Crippen LogP contribution < -0.4 is 5.32 Å². The van der Waals surface area contributed by atoms with E-state index in [2.05, 4.69) is 15.4 Å². The fourth-order valence-electron chi connectivity index (χ4n) is 2.81. The number of amides is 1. The monoisotopic (exact) mass is 336 g/mol. The van der Waals surface area contributed by atoms with Crippen LogP contribution in [-0.4, -0.2) is 47.1 Å². The summed E-state index contributed by atoms with van der Waals surface area (Å²) in [6.45, 7) is 4.41. The average molecular weight is 336 g/mol. The summed E-state index contributed by atoms with van der Waals surface area (Å²) in [5.74, 6) is 0.145. The van der Waals surface area contributed by atoms with Gasteiger partial charge in [-0.25, -0.2) is 18.1 Å². The molecule has 7 nitrogen and oxygen atoms in total. The third-order valence-corrected chi connectivity index (χ3v) is 5.90. The fraction of sp³-hybridized carbons (Fsp3) is 0.533. The predicted molar refractivity (Wildman–Crippen MR) is 87.0 cm³/mol. The zero-order valence-corrected chi connectivity index (χ0v) is 14.0. The number of sulfone groups is 1. The number of nitrogens with zero attached hydrogens (tertiary/aromatic N) is 3. The highest BCUT2D eigenvalue weighted by Crippen LogP contribution is 2.18. The molecule has 0 unspecified atom stereocenters. The average Bonchev–Trinajstić information content (AvgIpc) is 3.07. The number of nitrogens with one attached hydrogen (secondary N) is 1. The van der Waals surface area contributed by atoms with E-state index >= 15 is 0 Å². The molecule has 1 saturated heterocycles. The van der Waals surface area contributed by atoms with Crippen LogP contribution >= 0.6 is 0 Å². The van der Waals surface area contributed by atoms with Crippen molar-refractivity contribution in [2.24, 2.45) is 5.92 Å². The predicted octanol–water partition coefficient (Wildman–Crippen LogP) is 1.18. The van der Waals surface area contributed by atoms with Crippen LogP contribution in [0.25, 0.3) is 11.0 Å². The Balaban J connectivity index is 1.69. The van der Waals surface area contributed by atoms with E-state index in [0.717, 1.165) is 11.0 Å². The van der Waals surface area contributed by atoms with Crippen LogP contribution in [0.5, 0.6) is 0 Å². The van der Waals surface area contributed by atoms with Crippen molar-refractivity contribution >= 4 is 26.8 Å². The Morgan fingerprint density at radius 1 is 1.43 bits per heavy atom. The molecule has 23 heavy (non-hydrogen) atoms. The fourth-order valence-corrected chi connectivity index (χ4v) is 4.68. The zero-order valence-electron chi connectivity index (χ0n) is 13.2. The van der Waals surface area contributed by atoms with Crippen molar-refractivity contribution in [2.75, 3.05) is 18.1 Å². The third-order valence-electron chi connectivity index (χ3n) is 4.06. The van der Waals surface area contributed by atoms with Gasteiger partial charge in [0.1, 0.15) is 0 Å². The van der Waals surface area contributed by atoms with Gasteiger partial charge in [-0.3, -0.25) is 4.79 Å². The lowest BCUT2D eigenvalue weighted by atomic mass is 10.1. The largest absolute Gasteiger partial charge is 0.352 e. The lowest BCUT2D eigenvalue weighted by Gasteiger charge is -2.10. The van der Waals surface area contributed by atoms with Gasteiger partial charge in [-0.15, -0.1) is 0 Å². The number of hydrogen-bond donors (Lipinski definition) is 1. The van der Waals surface area contributed by atoms with Crippen molar-refractivity contribution in [1.29, 1.82) is 0 Å². The van der Waals surface area contributed by atoms with Crippen LogP contribution in [0.4, 0.5) is 0 Å². The van der Waals surface area contributed by atoms with Crippen molar-refractivity contribution in [3.8, 4) is 0 Å². The number of rotatable bonds is 4. The maximum Gasteiger partial charge on any atom is 0.252 e. The summed E-state index contributed by atoms with van der Waals surface area (Å²) >= 11 is 0. The lowest BCUT2D eigenvalue weighted by molar-refractivity contribution is 0.0948. The standard InChI is InChI=1S/C15H20N4O3S/c1-10(2)19-14-12(8-18-19)5-13(7-16-14)15(20)17-6-11-3-4-23(21,22)9-11/h5,7-8,10-11H,3-4,6,9H2,1-2H3,(H,17,20)/t11-/m1/s1. The highest BCUT2D eigenvalue weighted by molar-refractivity contribution is 7.91. The van der Waals surface area contributed by atoms with Gasteiger partial charge in [0.15, 0.2) is 15.5 Å². The Morgan fingerprint density at radius 2 is 2.22 bits per heavy atom. The Morgan fingerprint density at radius 3 is 2.87 bits per heavy atom. The molecule has 8 heteroatoms. The summed E-state index contributed by atoms with van der Waals surface area (Å²) in [5, 5.41) is 7.89. The second-order valence-corrected chi connectivity index (χ2v) is 8.53. The van der Waals surface area contributed by atoms with Crippen molar-refractivity contribution in [3.63, 3.8) is 0 Å². The van der Waals surface area contributed by atoms with E-state index in [4.69, 9.17) is 0 Å². The molecule has 0 spiro atoms. The van der Waals surface area contributed by atoms with Gasteiger partial charge < -0.3 is 5.32 Å². The number of hydrogen-bond acceptors (Lipinski definition) is 5. The van der Waals surface area contributed by atoms with Gasteiger partial charge in [-0.2, -0.15) is 5.10 Å². The Labute approximate surface area is 135 Å². The molecule has 1 aliphatic heterocycles. The Kier molecular flexibility index (Phi) is 4.09. The van der Waals surface area contributed by atoms with Gasteiger partial charge in [0.25, 0.3) is 5.91 Å². The number of carbonyl (C=O) groups is 1. The minimum atomic E-state index is -2.92. The Bertz CT molecular complexity index is 842. The van der Waals surface area contributed by atoms with Crippen LogP contribution in [0.1, 0.15) is 36.7 Å². The Hall–Kier alpha value is -1.96. The summed E-state index contributed by atoms with van der Waals surface area (Å²) in [7, 11) is -2.92. The van der Waals surface area contributed by atoms with Gasteiger partial charge in [-0.1, -0.05) is 0 Å². The maximum atomic E-state index is 12.2. The molecular weight excluding hydrogens is 316 g/mol. The molecule has 1 fully saturated rings. The minimum Gasteiger partial charge on any atom is -0.352 e. The highest BCUT2D eigenvalue weighted by atomic mass is 32.2. The summed E-state index contributed by atoms with van der Waals surface area (Å²) in [6.07, 6.45) is 3.84. The van der Waals surface area contributed by atoms with Gasteiger partial charge in [-0.05, 0) is 32.3 Å². The van der Waals surface area contributed by atoms with Gasteiger partial charge >= 0.3 is 0 Å². The quantitative estimate of drug-likeness (QED) is 0.905. The van der Waals surface area contributed by atoms with Crippen molar-refractivity contribution in [2.45, 2.75) is 26.3 Å². The van der Waals surface area contributed by atoms with E-state index in [1.165, 1.54) is 6.20 Å². The summed E-state index contributed by atoms with van der Waals surface area (Å²) < 4.78 is 24.7. The zero-order chi connectivity index (χ0) is 16.6. The highest BCUT2D eigenvalue weighted by Gasteiger charge is 2.28. The molecular formula is C15H20N4O3S. The maximum absolute atomic E-state index is 12.2. The van der Waals surface area contributed by atoms with Gasteiger partial charge in [0, 0.05) is 24.2 Å². The molecule has 0 bridgehead atoms. The second kappa shape index (κ2) is 5.92. The van der Waals surface area contributed by atoms with Crippen LogP contribution in [0.3, 0.4) is 0 Å². The molecule has 0 aliphatic carbocycles. The summed E-state index contributed by atoms with van der Waals surface area (Å²) in [6, 6.07) is 1.96. The first-order valence-corrected chi connectivity index (χ1v) is 9.50. The molecule has 0 radical (unpaired) electrons. The van der Waals surface area contributed by atoms with Crippen LogP contribution in [-0.2, 0) is 9.84 Å². The van der Waals surface area contributed by atoms with Crippen LogP contribution in [0.2, 0.25) is 0 Å². The topological polar surface area (TPSA) is 94.0 Å². The van der Waals surface area contributed by atoms with E-state index in [1.807, 2.05) is 13.8 Å². The lowest BCUT2D eigenvalue weighted by Crippen LogP contribution is -2.29. The molecule has 1 atom stereocenters. The van der Waals surface area contributed by atoms with Crippen molar-refractivity contribution in [1.82, 2.24) is 20.1 Å². The molecule has 0 saturated carbocycles. The number of aromatic nitrogens is 3. The number of carbonyl (C=O) groups excluding carboxylic acids is 1. The van der Waals surface area contributed by atoms with Crippen molar-refractivity contribution < 1.29 is 13.2 Å². The number of pyridine rings is 1. The van der Waals surface area contributed by atoms with E-state index in [9.17, 15) is 13.2 Å². The molecule has 2 aromatic heterocycles. The minimum absolute atomic E-state index is 0.00401. The first kappa shape index (κ1) is 15.9. The number of fused-ring (bicyclic) bond motifs is 1. The van der Waals surface area contributed by atoms with E-state index in [1.54, 1.807) is 16.9 Å². The van der Waals surface area contributed by atoms with Crippen LogP contribution in [0.15, 0.2) is 18.5 Å². The molecule has 3 rings (SSSR count). The molecule has 2 aromatic rings. The molecule has 1 aliphatic rings. The second-order valence-electron chi connectivity index (χ2n) is 6.30. The van der Waals surface area contributed by atoms with E-state index < -0.39 is 9.84 Å². The molecule has 1 amide bonds. The first-order chi connectivity index (χ1) is 10.9. The summed E-state index contributed by atoms with van der Waals surface area (Å²) in [4.78, 5) is 16.5. The summed E-state index contributed by atoms with van der Waals surface area (Å²) in [5.41, 5.74) is 1.21. The smallest absolute Gasteiger partial charge is 0.252 e. The van der Waals surface area contributed by atoms with E-state index in [0.29, 0.717) is 18.5 Å². The van der Waals surface area contributed by atoms with Crippen LogP contribution in [0, 0.1) is 5.92 Å². The molecule has 3 heterocycles. The van der Waals surface area contributed by atoms with Crippen molar-refractivity contribution in [3.05, 3.63) is 24.0 Å². The first-order valence-electron chi connectivity index (χ1n) is 7.67. The SMILES string of the molecule is CC(C)n1ncc2cc(C(=O)NC[C@H]3CCS(=O)(=O)C3)cnc21. The third kappa shape index (κ3) is 3.36. The van der Waals surface area contributed by atoms with Gasteiger partial charge in [0.2, 0.25) is 0 Å². The molecule has 0 aromatic carbocycles. The van der Waals surface area contributed by atoms with E-state index in [-0.39, 0.29) is 29.4 Å².